The Bertz CT molecular complexity index is 886. The molecule has 140 valence electrons. The maximum atomic E-state index is 12.7. The highest BCUT2D eigenvalue weighted by Gasteiger charge is 2.36. The number of benzene rings is 2. The van der Waals surface area contributed by atoms with Crippen molar-refractivity contribution in [3.63, 3.8) is 0 Å². The first-order valence-corrected chi connectivity index (χ1v) is 9.19. The Labute approximate surface area is 162 Å². The van der Waals surface area contributed by atoms with Gasteiger partial charge in [-0.25, -0.2) is 0 Å². The average molecular weight is 387 g/mol. The third-order valence-electron chi connectivity index (χ3n) is 4.83. The maximum Gasteiger partial charge on any atom is 0.243 e. The topological polar surface area (TPSA) is 67.9 Å². The Balaban J connectivity index is 1.41. The third-order valence-corrected chi connectivity index (χ3v) is 5.20. The van der Waals surface area contributed by atoms with Crippen LogP contribution in [0.5, 0.6) is 11.5 Å². The molecule has 2 heterocycles. The lowest BCUT2D eigenvalue weighted by Crippen LogP contribution is -2.44. The minimum atomic E-state index is -0.484. The second-order valence-electron chi connectivity index (χ2n) is 6.57. The molecule has 2 amide bonds. The van der Waals surface area contributed by atoms with E-state index in [4.69, 9.17) is 21.1 Å². The first-order chi connectivity index (χ1) is 13.1. The number of rotatable bonds is 5. The molecular weight excluding hydrogens is 368 g/mol. The molecule has 0 radical (unpaired) electrons. The molecule has 1 saturated heterocycles. The van der Waals surface area contributed by atoms with Crippen LogP contribution in [0.25, 0.3) is 0 Å². The number of carbonyl (C=O) groups excluding carboxylic acids is 2. The lowest BCUT2D eigenvalue weighted by atomic mass is 10.1. The van der Waals surface area contributed by atoms with Crippen molar-refractivity contribution >= 4 is 23.4 Å². The van der Waals surface area contributed by atoms with Crippen LogP contribution in [-0.4, -0.2) is 29.5 Å². The van der Waals surface area contributed by atoms with Crippen LogP contribution < -0.4 is 14.8 Å². The van der Waals surface area contributed by atoms with Gasteiger partial charge < -0.3 is 19.7 Å². The quantitative estimate of drug-likeness (QED) is 0.858. The minimum Gasteiger partial charge on any atom is -0.454 e. The fraction of sp³-hybridized carbons (Fsp3) is 0.300. The summed E-state index contributed by atoms with van der Waals surface area (Å²) in [6.45, 7) is 0.910. The molecule has 0 bridgehead atoms. The van der Waals surface area contributed by atoms with E-state index >= 15 is 0 Å². The molecule has 6 nitrogen and oxygen atoms in total. The van der Waals surface area contributed by atoms with Crippen molar-refractivity contribution in [2.45, 2.75) is 32.0 Å². The molecule has 7 heteroatoms. The fourth-order valence-electron chi connectivity index (χ4n) is 3.37. The maximum absolute atomic E-state index is 12.7. The van der Waals surface area contributed by atoms with E-state index in [2.05, 4.69) is 5.32 Å². The molecule has 0 aromatic heterocycles. The van der Waals surface area contributed by atoms with Gasteiger partial charge in [-0.2, -0.15) is 0 Å². The second-order valence-corrected chi connectivity index (χ2v) is 6.98. The van der Waals surface area contributed by atoms with Crippen molar-refractivity contribution in [1.29, 1.82) is 0 Å². The number of ether oxygens (including phenoxy) is 2. The second kappa shape index (κ2) is 7.48. The van der Waals surface area contributed by atoms with Gasteiger partial charge in [-0.1, -0.05) is 35.9 Å². The zero-order valence-corrected chi connectivity index (χ0v) is 15.4. The molecule has 1 N–H and O–H groups in total. The molecule has 2 aliphatic heterocycles. The molecule has 0 aliphatic carbocycles. The highest BCUT2D eigenvalue weighted by molar-refractivity contribution is 6.31. The predicted molar refractivity (Wildman–Crippen MR) is 99.4 cm³/mol. The van der Waals surface area contributed by atoms with E-state index in [9.17, 15) is 9.59 Å². The third kappa shape index (κ3) is 3.71. The van der Waals surface area contributed by atoms with E-state index in [-0.39, 0.29) is 18.6 Å². The van der Waals surface area contributed by atoms with E-state index in [0.717, 1.165) is 11.1 Å². The van der Waals surface area contributed by atoms with Crippen LogP contribution in [0.1, 0.15) is 24.0 Å². The Morgan fingerprint density at radius 1 is 1.19 bits per heavy atom. The Kier molecular flexibility index (Phi) is 4.90. The molecule has 1 atom stereocenters. The molecule has 0 saturated carbocycles. The van der Waals surface area contributed by atoms with Crippen molar-refractivity contribution in [1.82, 2.24) is 10.2 Å². The summed E-state index contributed by atoms with van der Waals surface area (Å²) in [7, 11) is 0. The summed E-state index contributed by atoms with van der Waals surface area (Å²) in [5.74, 6) is 1.19. The number of halogens is 1. The molecule has 4 rings (SSSR count). The van der Waals surface area contributed by atoms with Crippen LogP contribution in [-0.2, 0) is 22.7 Å². The van der Waals surface area contributed by atoms with Gasteiger partial charge >= 0.3 is 0 Å². The van der Waals surface area contributed by atoms with Gasteiger partial charge in [0.15, 0.2) is 11.5 Å². The predicted octanol–water partition coefficient (Wildman–Crippen LogP) is 2.88. The first-order valence-electron chi connectivity index (χ1n) is 8.81. The molecule has 2 aromatic rings. The Morgan fingerprint density at radius 2 is 2.00 bits per heavy atom. The van der Waals surface area contributed by atoms with E-state index in [1.54, 1.807) is 11.0 Å². The number of fused-ring (bicyclic) bond motifs is 1. The lowest BCUT2D eigenvalue weighted by molar-refractivity contribution is -0.135. The van der Waals surface area contributed by atoms with Crippen molar-refractivity contribution in [3.8, 4) is 11.5 Å². The van der Waals surface area contributed by atoms with Crippen LogP contribution in [0.15, 0.2) is 42.5 Å². The number of nitrogens with one attached hydrogen (secondary N) is 1. The number of amides is 2. The van der Waals surface area contributed by atoms with Crippen LogP contribution in [0.4, 0.5) is 0 Å². The van der Waals surface area contributed by atoms with Crippen molar-refractivity contribution in [2.24, 2.45) is 0 Å². The fourth-order valence-corrected chi connectivity index (χ4v) is 3.57. The summed E-state index contributed by atoms with van der Waals surface area (Å²) in [5, 5.41) is 3.52. The highest BCUT2D eigenvalue weighted by atomic mass is 35.5. The van der Waals surface area contributed by atoms with Crippen LogP contribution >= 0.6 is 11.6 Å². The van der Waals surface area contributed by atoms with E-state index in [1.165, 1.54) is 0 Å². The molecular formula is C20H19ClN2O4. The monoisotopic (exact) mass is 386 g/mol. The number of nitrogens with zero attached hydrogens (tertiary/aromatic N) is 1. The largest absolute Gasteiger partial charge is 0.454 e. The average Bonchev–Trinajstić information content (AvgIpc) is 3.28. The molecule has 1 fully saturated rings. The minimum absolute atomic E-state index is 0.0295. The molecule has 2 aliphatic rings. The van der Waals surface area contributed by atoms with Gasteiger partial charge in [-0.05, 0) is 35.7 Å². The SMILES string of the molecule is O=C(NCc1ccc2c(c1)OCO2)[C@@H]1CCC(=O)N1Cc1ccccc1Cl. The standard InChI is InChI=1S/C20H19ClN2O4/c21-15-4-2-1-3-14(15)11-23-16(6-8-19(23)24)20(25)22-10-13-5-7-17-18(9-13)27-12-26-17/h1-5,7,9,16H,6,8,10-12H2,(H,22,25)/t16-/m0/s1. The van der Waals surface area contributed by atoms with E-state index < -0.39 is 6.04 Å². The molecule has 27 heavy (non-hydrogen) atoms. The van der Waals surface area contributed by atoms with Gasteiger partial charge in [0.25, 0.3) is 0 Å². The first kappa shape index (κ1) is 17.7. The zero-order valence-electron chi connectivity index (χ0n) is 14.6. The Hall–Kier alpha value is -2.73. The Morgan fingerprint density at radius 3 is 2.85 bits per heavy atom. The number of likely N-dealkylation sites (tertiary alicyclic amines) is 1. The summed E-state index contributed by atoms with van der Waals surface area (Å²) in [5.41, 5.74) is 1.75. The lowest BCUT2D eigenvalue weighted by Gasteiger charge is -2.24. The van der Waals surface area contributed by atoms with Crippen molar-refractivity contribution in [3.05, 3.63) is 58.6 Å². The smallest absolute Gasteiger partial charge is 0.243 e. The summed E-state index contributed by atoms with van der Waals surface area (Å²) in [6, 6.07) is 12.4. The van der Waals surface area contributed by atoms with E-state index in [1.807, 2.05) is 36.4 Å². The van der Waals surface area contributed by atoms with Gasteiger partial charge in [0.05, 0.1) is 0 Å². The summed E-state index contributed by atoms with van der Waals surface area (Å²) >= 11 is 6.20. The highest BCUT2D eigenvalue weighted by Crippen LogP contribution is 2.32. The van der Waals surface area contributed by atoms with Gasteiger partial charge in [-0.15, -0.1) is 0 Å². The number of hydrogen-bond acceptors (Lipinski definition) is 4. The van der Waals surface area contributed by atoms with Crippen molar-refractivity contribution in [2.75, 3.05) is 6.79 Å². The van der Waals surface area contributed by atoms with Crippen molar-refractivity contribution < 1.29 is 19.1 Å². The number of hydrogen-bond donors (Lipinski definition) is 1. The molecule has 0 spiro atoms. The summed E-state index contributed by atoms with van der Waals surface area (Å²) in [6.07, 6.45) is 0.878. The van der Waals surface area contributed by atoms with Crippen LogP contribution in [0.2, 0.25) is 5.02 Å². The summed E-state index contributed by atoms with van der Waals surface area (Å²) < 4.78 is 10.6. The molecule has 0 unspecified atom stereocenters. The van der Waals surface area contributed by atoms with E-state index in [0.29, 0.717) is 42.5 Å². The molecule has 2 aromatic carbocycles. The van der Waals surface area contributed by atoms with Gasteiger partial charge in [0.2, 0.25) is 18.6 Å². The van der Waals surface area contributed by atoms with Crippen LogP contribution in [0, 0.1) is 0 Å². The van der Waals surface area contributed by atoms with Crippen LogP contribution in [0.3, 0.4) is 0 Å². The van der Waals surface area contributed by atoms with Gasteiger partial charge in [-0.3, -0.25) is 9.59 Å². The van der Waals surface area contributed by atoms with Gasteiger partial charge in [0, 0.05) is 24.5 Å². The number of carbonyl (C=O) groups is 2. The normalized spacial score (nSPS) is 18.0. The summed E-state index contributed by atoms with van der Waals surface area (Å²) in [4.78, 5) is 26.6. The zero-order chi connectivity index (χ0) is 18.8. The van der Waals surface area contributed by atoms with Gasteiger partial charge in [0.1, 0.15) is 6.04 Å².